The fourth-order valence-corrected chi connectivity index (χ4v) is 3.47. The summed E-state index contributed by atoms with van der Waals surface area (Å²) in [6.07, 6.45) is 0. The van der Waals surface area contributed by atoms with E-state index in [9.17, 15) is 18.0 Å². The van der Waals surface area contributed by atoms with Gasteiger partial charge in [-0.1, -0.05) is 42.5 Å². The van der Waals surface area contributed by atoms with E-state index in [0.717, 1.165) is 0 Å². The number of hydrogen-bond donors (Lipinski definition) is 0. The molecule has 7 nitrogen and oxygen atoms in total. The van der Waals surface area contributed by atoms with E-state index in [4.69, 9.17) is 4.18 Å². The van der Waals surface area contributed by atoms with Gasteiger partial charge in [-0.25, -0.2) is 0 Å². The molecule has 0 saturated heterocycles. The summed E-state index contributed by atoms with van der Waals surface area (Å²) in [4.78, 5) is 25.2. The molecule has 3 aromatic rings. The average Bonchev–Trinajstić information content (AvgIpc) is 2.63. The molecule has 0 aromatic heterocycles. The van der Waals surface area contributed by atoms with Crippen molar-refractivity contribution in [2.75, 3.05) is 0 Å². The number of benzene rings is 3. The van der Waals surface area contributed by atoms with Crippen LogP contribution in [0, 0.1) is 0 Å². The van der Waals surface area contributed by atoms with Crippen LogP contribution in [-0.4, -0.2) is 25.3 Å². The molecule has 0 radical (unpaired) electrons. The summed E-state index contributed by atoms with van der Waals surface area (Å²) in [6.45, 7) is 0. The maximum absolute atomic E-state index is 12.6. The highest BCUT2D eigenvalue weighted by Gasteiger charge is 2.37. The highest BCUT2D eigenvalue weighted by atomic mass is 32.3. The van der Waals surface area contributed by atoms with Gasteiger partial charge in [-0.05, 0) is 29.7 Å². The Balaban J connectivity index is 1.70. The lowest BCUT2D eigenvalue weighted by molar-refractivity contribution is -0.0208. The predicted molar refractivity (Wildman–Crippen MR) is 91.5 cm³/mol. The zero-order chi connectivity index (χ0) is 18.3. The largest absolute Gasteiger partial charge is 0.471 e. The second-order valence-electron chi connectivity index (χ2n) is 5.49. The normalized spacial score (nSPS) is 13.9. The molecular formula is C18H11NO6S. The number of carbonyl (C=O) groups excluding carboxylic acids is 2. The maximum Gasteiger partial charge on any atom is 0.471 e. The summed E-state index contributed by atoms with van der Waals surface area (Å²) >= 11 is 0. The third-order valence-corrected chi connectivity index (χ3v) is 4.57. The minimum absolute atomic E-state index is 0.00749. The van der Waals surface area contributed by atoms with Crippen molar-refractivity contribution in [1.82, 2.24) is 5.06 Å². The van der Waals surface area contributed by atoms with Gasteiger partial charge in [0, 0.05) is 5.39 Å². The molecule has 26 heavy (non-hydrogen) atoms. The Hall–Kier alpha value is -3.23. The van der Waals surface area contributed by atoms with E-state index in [1.54, 1.807) is 42.5 Å². The van der Waals surface area contributed by atoms with Crippen molar-refractivity contribution in [3.8, 4) is 5.75 Å². The van der Waals surface area contributed by atoms with Gasteiger partial charge >= 0.3 is 10.4 Å². The molecule has 130 valence electrons. The highest BCUT2D eigenvalue weighted by Crippen LogP contribution is 2.30. The van der Waals surface area contributed by atoms with Crippen LogP contribution in [0.15, 0.2) is 66.7 Å². The van der Waals surface area contributed by atoms with Gasteiger partial charge < -0.3 is 4.18 Å². The third-order valence-electron chi connectivity index (χ3n) is 3.84. The van der Waals surface area contributed by atoms with E-state index in [0.29, 0.717) is 10.8 Å². The molecule has 3 aromatic carbocycles. The molecule has 0 bridgehead atoms. The summed E-state index contributed by atoms with van der Waals surface area (Å²) in [5.41, 5.74) is 0.347. The number of hydrogen-bond acceptors (Lipinski definition) is 6. The minimum atomic E-state index is -4.69. The number of rotatable bonds is 4. The van der Waals surface area contributed by atoms with E-state index in [-0.39, 0.29) is 21.9 Å². The van der Waals surface area contributed by atoms with Crippen LogP contribution in [0.1, 0.15) is 20.7 Å². The molecule has 1 heterocycles. The van der Waals surface area contributed by atoms with Crippen LogP contribution in [0.3, 0.4) is 0 Å². The maximum atomic E-state index is 12.6. The summed E-state index contributed by atoms with van der Waals surface area (Å²) in [5.74, 6) is -1.76. The van der Waals surface area contributed by atoms with E-state index < -0.39 is 22.2 Å². The van der Waals surface area contributed by atoms with Crippen LogP contribution in [0.4, 0.5) is 0 Å². The van der Waals surface area contributed by atoms with Gasteiger partial charge in [0.2, 0.25) is 0 Å². The number of hydroxylamine groups is 2. The van der Waals surface area contributed by atoms with Crippen LogP contribution in [0.25, 0.3) is 10.8 Å². The van der Waals surface area contributed by atoms with Crippen molar-refractivity contribution >= 4 is 33.0 Å². The second kappa shape index (κ2) is 5.94. The van der Waals surface area contributed by atoms with Gasteiger partial charge in [0.05, 0.1) is 11.1 Å². The Kier molecular flexibility index (Phi) is 3.71. The van der Waals surface area contributed by atoms with Gasteiger partial charge in [-0.15, -0.1) is 9.35 Å². The molecule has 0 fully saturated rings. The first-order valence-electron chi connectivity index (χ1n) is 7.56. The Morgan fingerprint density at radius 2 is 1.31 bits per heavy atom. The first-order chi connectivity index (χ1) is 12.5. The van der Waals surface area contributed by atoms with E-state index in [1.165, 1.54) is 24.3 Å². The molecule has 0 aliphatic carbocycles. The molecule has 8 heteroatoms. The quantitative estimate of drug-likeness (QED) is 0.657. The van der Waals surface area contributed by atoms with E-state index >= 15 is 0 Å². The highest BCUT2D eigenvalue weighted by molar-refractivity contribution is 7.82. The Labute approximate surface area is 148 Å². The molecule has 1 aliphatic heterocycles. The Bertz CT molecular complexity index is 1090. The fourth-order valence-electron chi connectivity index (χ4n) is 2.78. The Morgan fingerprint density at radius 3 is 1.88 bits per heavy atom. The van der Waals surface area contributed by atoms with Gasteiger partial charge in [-0.2, -0.15) is 8.42 Å². The topological polar surface area (TPSA) is 90.0 Å². The summed E-state index contributed by atoms with van der Waals surface area (Å²) < 4.78 is 33.7. The van der Waals surface area contributed by atoms with Crippen molar-refractivity contribution in [3.63, 3.8) is 0 Å². The van der Waals surface area contributed by atoms with Crippen LogP contribution in [0.5, 0.6) is 5.75 Å². The predicted octanol–water partition coefficient (Wildman–Crippen LogP) is 2.69. The van der Waals surface area contributed by atoms with Crippen LogP contribution in [0.2, 0.25) is 0 Å². The second-order valence-corrected chi connectivity index (χ2v) is 6.63. The first kappa shape index (κ1) is 16.2. The molecule has 0 saturated carbocycles. The summed E-state index contributed by atoms with van der Waals surface area (Å²) in [6, 6.07) is 17.4. The molecule has 2 amide bonds. The lowest BCUT2D eigenvalue weighted by Crippen LogP contribution is -2.42. The monoisotopic (exact) mass is 369 g/mol. The standard InChI is InChI=1S/C18H11NO6S/c20-17-14-10-4-6-12-7-5-11-15(16(12)14)18(21)19(17)25-26(22,23)24-13-8-2-1-3-9-13/h1-11H. The molecule has 1 aliphatic rings. The van der Waals surface area contributed by atoms with Crippen molar-refractivity contribution < 1.29 is 26.5 Å². The zero-order valence-corrected chi connectivity index (χ0v) is 14.0. The van der Waals surface area contributed by atoms with Crippen molar-refractivity contribution in [3.05, 3.63) is 77.9 Å². The van der Waals surface area contributed by atoms with Crippen molar-refractivity contribution in [2.45, 2.75) is 0 Å². The molecule has 4 rings (SSSR count). The van der Waals surface area contributed by atoms with E-state index in [2.05, 4.69) is 4.28 Å². The molecule has 0 unspecified atom stereocenters. The summed E-state index contributed by atoms with van der Waals surface area (Å²) in [5, 5.41) is 1.37. The zero-order valence-electron chi connectivity index (χ0n) is 13.2. The number of amides is 2. The molecule has 0 atom stereocenters. The minimum Gasteiger partial charge on any atom is -0.360 e. The Morgan fingerprint density at radius 1 is 0.731 bits per heavy atom. The molecular weight excluding hydrogens is 358 g/mol. The van der Waals surface area contributed by atoms with Crippen LogP contribution >= 0.6 is 0 Å². The smallest absolute Gasteiger partial charge is 0.360 e. The van der Waals surface area contributed by atoms with Crippen molar-refractivity contribution in [1.29, 1.82) is 0 Å². The molecule has 0 spiro atoms. The van der Waals surface area contributed by atoms with Crippen LogP contribution < -0.4 is 4.18 Å². The first-order valence-corrected chi connectivity index (χ1v) is 8.89. The SMILES string of the molecule is O=C1c2cccc3cccc(c23)C(=O)N1OS(=O)(=O)Oc1ccccc1. The average molecular weight is 369 g/mol. The number of carbonyl (C=O) groups is 2. The summed E-state index contributed by atoms with van der Waals surface area (Å²) in [7, 11) is -4.69. The van der Waals surface area contributed by atoms with E-state index in [1.807, 2.05) is 0 Å². The van der Waals surface area contributed by atoms with Crippen molar-refractivity contribution in [2.24, 2.45) is 0 Å². The fraction of sp³-hybridized carbons (Fsp3) is 0. The lowest BCUT2D eigenvalue weighted by atomic mass is 9.95. The number of para-hydroxylation sites is 1. The lowest BCUT2D eigenvalue weighted by Gasteiger charge is -2.24. The number of imide groups is 1. The van der Waals surface area contributed by atoms with Gasteiger partial charge in [-0.3, -0.25) is 9.59 Å². The third kappa shape index (κ3) is 2.71. The van der Waals surface area contributed by atoms with Gasteiger partial charge in [0.25, 0.3) is 11.8 Å². The van der Waals surface area contributed by atoms with Gasteiger partial charge in [0.1, 0.15) is 5.75 Å². The number of nitrogens with zero attached hydrogens (tertiary/aromatic N) is 1. The molecule has 0 N–H and O–H groups in total. The van der Waals surface area contributed by atoms with Crippen LogP contribution in [-0.2, 0) is 14.7 Å². The van der Waals surface area contributed by atoms with Gasteiger partial charge in [0.15, 0.2) is 0 Å².